The highest BCUT2D eigenvalue weighted by Crippen LogP contribution is 2.32. The number of ketones is 1. The number of carbonyl (C=O) groups is 1. The van der Waals surface area contributed by atoms with Crippen molar-refractivity contribution in [1.29, 1.82) is 0 Å². The molecule has 7 heteroatoms. The van der Waals surface area contributed by atoms with E-state index in [-0.39, 0.29) is 17.0 Å². The van der Waals surface area contributed by atoms with E-state index < -0.39 is 0 Å². The van der Waals surface area contributed by atoms with Crippen molar-refractivity contribution in [3.8, 4) is 22.5 Å². The van der Waals surface area contributed by atoms with Crippen LogP contribution in [-0.2, 0) is 5.41 Å². The first-order valence-electron chi connectivity index (χ1n) is 9.48. The Morgan fingerprint density at radius 1 is 0.900 bits per heavy atom. The zero-order chi connectivity index (χ0) is 21.1. The van der Waals surface area contributed by atoms with Gasteiger partial charge in [-0.05, 0) is 33.9 Å². The van der Waals surface area contributed by atoms with Gasteiger partial charge in [0, 0.05) is 27.5 Å². The van der Waals surface area contributed by atoms with Crippen LogP contribution in [0.2, 0.25) is 0 Å². The predicted octanol–water partition coefficient (Wildman–Crippen LogP) is 6.60. The summed E-state index contributed by atoms with van der Waals surface area (Å²) in [7, 11) is 0. The highest BCUT2D eigenvalue weighted by Gasteiger charge is 2.17. The van der Waals surface area contributed by atoms with E-state index in [9.17, 15) is 4.79 Å². The molecule has 0 saturated carbocycles. The van der Waals surface area contributed by atoms with Crippen molar-refractivity contribution < 1.29 is 4.79 Å². The zero-order valence-corrected chi connectivity index (χ0v) is 19.4. The van der Waals surface area contributed by atoms with Crippen LogP contribution < -0.4 is 0 Å². The van der Waals surface area contributed by atoms with Gasteiger partial charge in [-0.3, -0.25) is 4.79 Å². The second kappa shape index (κ2) is 8.79. The van der Waals surface area contributed by atoms with Crippen LogP contribution in [0.5, 0.6) is 0 Å². The first kappa shape index (κ1) is 20.9. The number of hydrogen-bond acceptors (Lipinski definition) is 7. The van der Waals surface area contributed by atoms with Gasteiger partial charge in [0.2, 0.25) is 5.16 Å². The minimum Gasteiger partial charge on any atom is -0.293 e. The van der Waals surface area contributed by atoms with E-state index in [1.165, 1.54) is 17.3 Å². The molecule has 0 spiro atoms. The van der Waals surface area contributed by atoms with Gasteiger partial charge in [0.1, 0.15) is 11.4 Å². The number of Topliss-reactive ketones (excluding diaryl/α,β-unsaturated/α-hetero) is 1. The first-order valence-corrected chi connectivity index (χ1v) is 12.4. The van der Waals surface area contributed by atoms with Crippen molar-refractivity contribution in [2.45, 2.75) is 31.3 Å². The maximum atomic E-state index is 12.7. The highest BCUT2D eigenvalue weighted by atomic mass is 32.2. The molecule has 152 valence electrons. The number of rotatable bonds is 6. The summed E-state index contributed by atoms with van der Waals surface area (Å²) < 4.78 is 0. The molecule has 30 heavy (non-hydrogen) atoms. The Balaban J connectivity index is 1.52. The molecule has 0 bridgehead atoms. The Morgan fingerprint density at radius 3 is 2.10 bits per heavy atom. The summed E-state index contributed by atoms with van der Waals surface area (Å²) in [6.45, 7) is 6.48. The van der Waals surface area contributed by atoms with Gasteiger partial charge in [0.05, 0.1) is 5.75 Å². The largest absolute Gasteiger partial charge is 0.293 e. The molecule has 1 aromatic carbocycles. The van der Waals surface area contributed by atoms with Crippen LogP contribution in [0, 0.1) is 0 Å². The van der Waals surface area contributed by atoms with E-state index >= 15 is 0 Å². The van der Waals surface area contributed by atoms with Crippen molar-refractivity contribution in [2.24, 2.45) is 0 Å². The van der Waals surface area contributed by atoms with Crippen molar-refractivity contribution in [3.63, 3.8) is 0 Å². The second-order valence-electron chi connectivity index (χ2n) is 7.85. The molecular weight excluding hydrogens is 430 g/mol. The average Bonchev–Trinajstić information content (AvgIpc) is 3.45. The number of thiophene rings is 2. The Hall–Kier alpha value is -2.35. The molecule has 3 heterocycles. The lowest BCUT2D eigenvalue weighted by Crippen LogP contribution is -2.11. The molecule has 0 aliphatic heterocycles. The summed E-state index contributed by atoms with van der Waals surface area (Å²) in [5, 5.41) is 17.3. The van der Waals surface area contributed by atoms with Gasteiger partial charge in [-0.15, -0.1) is 10.2 Å². The van der Waals surface area contributed by atoms with Gasteiger partial charge >= 0.3 is 0 Å². The molecule has 4 aromatic rings. The third kappa shape index (κ3) is 4.69. The topological polar surface area (TPSA) is 55.7 Å². The lowest BCUT2D eigenvalue weighted by molar-refractivity contribution is 0.102. The smallest absolute Gasteiger partial charge is 0.210 e. The monoisotopic (exact) mass is 451 g/mol. The molecule has 4 nitrogen and oxygen atoms in total. The van der Waals surface area contributed by atoms with Crippen molar-refractivity contribution >= 4 is 40.2 Å². The van der Waals surface area contributed by atoms with E-state index in [1.807, 2.05) is 52.5 Å². The third-order valence-corrected chi connectivity index (χ3v) is 6.87. The fraction of sp³-hybridized carbons (Fsp3) is 0.217. The molecule has 0 fully saturated rings. The minimum absolute atomic E-state index is 0.0584. The Bertz CT molecular complexity index is 1130. The number of thioether (sulfide) groups is 1. The van der Waals surface area contributed by atoms with E-state index in [0.717, 1.165) is 22.5 Å². The molecule has 0 unspecified atom stereocenters. The molecule has 4 rings (SSSR count). The third-order valence-electron chi connectivity index (χ3n) is 4.66. The van der Waals surface area contributed by atoms with E-state index in [1.54, 1.807) is 22.7 Å². The van der Waals surface area contributed by atoms with Gasteiger partial charge in [-0.1, -0.05) is 56.8 Å². The number of benzene rings is 1. The lowest BCUT2D eigenvalue weighted by atomic mass is 9.86. The predicted molar refractivity (Wildman–Crippen MR) is 127 cm³/mol. The molecule has 0 radical (unpaired) electrons. The SMILES string of the molecule is CC(C)(C)c1ccc(C(=O)CSc2nnc(-c3ccsc3)c(-c3ccsc3)n2)cc1. The quantitative estimate of drug-likeness (QED) is 0.244. The summed E-state index contributed by atoms with van der Waals surface area (Å²) in [6, 6.07) is 11.9. The van der Waals surface area contributed by atoms with Gasteiger partial charge in [0.15, 0.2) is 5.78 Å². The van der Waals surface area contributed by atoms with Crippen LogP contribution in [-0.4, -0.2) is 26.7 Å². The molecule has 0 N–H and O–H groups in total. The maximum absolute atomic E-state index is 12.7. The van der Waals surface area contributed by atoms with Gasteiger partial charge in [-0.25, -0.2) is 4.98 Å². The van der Waals surface area contributed by atoms with Crippen LogP contribution in [0.15, 0.2) is 63.1 Å². The summed E-state index contributed by atoms with van der Waals surface area (Å²) in [6.07, 6.45) is 0. The Morgan fingerprint density at radius 2 is 1.53 bits per heavy atom. The van der Waals surface area contributed by atoms with Crippen molar-refractivity contribution in [1.82, 2.24) is 15.2 Å². The number of hydrogen-bond donors (Lipinski definition) is 0. The fourth-order valence-electron chi connectivity index (χ4n) is 2.94. The van der Waals surface area contributed by atoms with E-state index in [0.29, 0.717) is 10.7 Å². The van der Waals surface area contributed by atoms with Crippen LogP contribution >= 0.6 is 34.4 Å². The molecule has 0 aliphatic rings. The molecular formula is C23H21N3OS3. The standard InChI is InChI=1S/C23H21N3OS3/c1-23(2,3)18-6-4-15(5-7-18)19(27)14-30-22-24-20(16-8-10-28-12-16)21(25-26-22)17-9-11-29-13-17/h4-13H,14H2,1-3H3. The second-order valence-corrected chi connectivity index (χ2v) is 10.4. The van der Waals surface area contributed by atoms with Crippen LogP contribution in [0.25, 0.3) is 22.5 Å². The van der Waals surface area contributed by atoms with E-state index in [2.05, 4.69) is 36.3 Å². The number of carbonyl (C=O) groups excluding carboxylic acids is 1. The lowest BCUT2D eigenvalue weighted by Gasteiger charge is -2.18. The first-order chi connectivity index (χ1) is 14.4. The molecule has 0 amide bonds. The van der Waals surface area contributed by atoms with Crippen molar-refractivity contribution in [2.75, 3.05) is 5.75 Å². The molecule has 0 aliphatic carbocycles. The summed E-state index contributed by atoms with van der Waals surface area (Å²) in [4.78, 5) is 17.4. The van der Waals surface area contributed by atoms with Crippen LogP contribution in [0.1, 0.15) is 36.7 Å². The summed E-state index contributed by atoms with van der Waals surface area (Å²) in [5.74, 6) is 0.334. The maximum Gasteiger partial charge on any atom is 0.210 e. The number of aromatic nitrogens is 3. The summed E-state index contributed by atoms with van der Waals surface area (Å²) >= 11 is 4.56. The summed E-state index contributed by atoms with van der Waals surface area (Å²) in [5.41, 5.74) is 5.57. The van der Waals surface area contributed by atoms with Gasteiger partial charge in [0.25, 0.3) is 0 Å². The highest BCUT2D eigenvalue weighted by molar-refractivity contribution is 7.99. The van der Waals surface area contributed by atoms with Crippen LogP contribution in [0.3, 0.4) is 0 Å². The van der Waals surface area contributed by atoms with Gasteiger partial charge < -0.3 is 0 Å². The molecule has 3 aromatic heterocycles. The Labute approximate surface area is 188 Å². The Kier molecular flexibility index (Phi) is 6.13. The van der Waals surface area contributed by atoms with Crippen LogP contribution in [0.4, 0.5) is 0 Å². The molecule has 0 atom stereocenters. The average molecular weight is 452 g/mol. The van der Waals surface area contributed by atoms with E-state index in [4.69, 9.17) is 4.98 Å². The fourth-order valence-corrected chi connectivity index (χ4v) is 4.90. The zero-order valence-electron chi connectivity index (χ0n) is 17.0. The van der Waals surface area contributed by atoms with Gasteiger partial charge in [-0.2, -0.15) is 22.7 Å². The minimum atomic E-state index is 0.0584. The molecule has 0 saturated heterocycles. The van der Waals surface area contributed by atoms with Crippen molar-refractivity contribution in [3.05, 3.63) is 69.0 Å². The number of nitrogens with zero attached hydrogens (tertiary/aromatic N) is 3. The normalized spacial score (nSPS) is 11.6.